The van der Waals surface area contributed by atoms with Gasteiger partial charge in [-0.2, -0.15) is 0 Å². The summed E-state index contributed by atoms with van der Waals surface area (Å²) in [7, 11) is 0. The number of imidazole rings is 1. The van der Waals surface area contributed by atoms with Crippen LogP contribution in [0, 0.1) is 0 Å². The third-order valence-electron chi connectivity index (χ3n) is 3.87. The Hall–Kier alpha value is -2.21. The molecule has 2 N–H and O–H groups in total. The van der Waals surface area contributed by atoms with E-state index in [1.165, 1.54) is 11.8 Å². The number of fused-ring (bicyclic) bond motifs is 2. The van der Waals surface area contributed by atoms with Gasteiger partial charge in [-0.1, -0.05) is 59.2 Å². The summed E-state index contributed by atoms with van der Waals surface area (Å²) in [6.07, 6.45) is 0. The number of anilines is 1. The minimum Gasteiger partial charge on any atom is -0.333 e. The van der Waals surface area contributed by atoms with E-state index >= 15 is 0 Å². The van der Waals surface area contributed by atoms with Crippen molar-refractivity contribution in [2.45, 2.75) is 5.16 Å². The fourth-order valence-corrected chi connectivity index (χ4v) is 3.79. The highest BCUT2D eigenvalue weighted by molar-refractivity contribution is 7.99. The maximum atomic E-state index is 12.2. The van der Waals surface area contributed by atoms with Crippen LogP contribution in [0.3, 0.4) is 0 Å². The normalized spacial score (nSPS) is 11.2. The van der Waals surface area contributed by atoms with Gasteiger partial charge in [-0.15, -0.1) is 0 Å². The molecule has 0 aliphatic rings. The summed E-state index contributed by atoms with van der Waals surface area (Å²) in [6, 6.07) is 17.2. The third kappa shape index (κ3) is 3.65. The topological polar surface area (TPSA) is 57.8 Å². The zero-order valence-corrected chi connectivity index (χ0v) is 15.8. The van der Waals surface area contributed by atoms with Gasteiger partial charge >= 0.3 is 0 Å². The van der Waals surface area contributed by atoms with E-state index in [4.69, 9.17) is 23.2 Å². The number of benzene rings is 3. The summed E-state index contributed by atoms with van der Waals surface area (Å²) in [5.41, 5.74) is 2.37. The van der Waals surface area contributed by atoms with Gasteiger partial charge in [0.05, 0.1) is 27.5 Å². The lowest BCUT2D eigenvalue weighted by atomic mass is 10.1. The molecule has 0 aliphatic carbocycles. The molecule has 0 atom stereocenters. The van der Waals surface area contributed by atoms with Gasteiger partial charge < -0.3 is 10.3 Å². The maximum absolute atomic E-state index is 12.2. The van der Waals surface area contributed by atoms with Crippen molar-refractivity contribution in [2.75, 3.05) is 11.1 Å². The predicted octanol–water partition coefficient (Wildman–Crippen LogP) is 5.75. The molecule has 4 aromatic rings. The lowest BCUT2D eigenvalue weighted by molar-refractivity contribution is -0.113. The van der Waals surface area contributed by atoms with Gasteiger partial charge in [0.2, 0.25) is 5.91 Å². The molecule has 0 unspecified atom stereocenters. The van der Waals surface area contributed by atoms with E-state index in [1.54, 1.807) is 18.2 Å². The van der Waals surface area contributed by atoms with Crippen LogP contribution in [0.15, 0.2) is 59.8 Å². The Morgan fingerprint density at radius 2 is 1.85 bits per heavy atom. The van der Waals surface area contributed by atoms with Crippen LogP contribution in [-0.2, 0) is 4.79 Å². The van der Waals surface area contributed by atoms with E-state index in [-0.39, 0.29) is 11.7 Å². The van der Waals surface area contributed by atoms with Crippen molar-refractivity contribution in [2.24, 2.45) is 0 Å². The van der Waals surface area contributed by atoms with Gasteiger partial charge in [0.15, 0.2) is 5.16 Å². The van der Waals surface area contributed by atoms with Crippen LogP contribution in [-0.4, -0.2) is 21.6 Å². The summed E-state index contributed by atoms with van der Waals surface area (Å²) in [5.74, 6) is 0.0583. The zero-order valence-electron chi connectivity index (χ0n) is 13.4. The van der Waals surface area contributed by atoms with Gasteiger partial charge in [-0.25, -0.2) is 4.98 Å². The van der Waals surface area contributed by atoms with Crippen LogP contribution < -0.4 is 5.32 Å². The number of halogens is 2. The number of nitrogens with zero attached hydrogens (tertiary/aromatic N) is 1. The average Bonchev–Trinajstić information content (AvgIpc) is 3.02. The van der Waals surface area contributed by atoms with Gasteiger partial charge in [0.1, 0.15) is 0 Å². The fraction of sp³-hybridized carbons (Fsp3) is 0.0526. The first-order chi connectivity index (χ1) is 12.6. The smallest absolute Gasteiger partial charge is 0.234 e. The molecule has 0 aliphatic heterocycles. The molecule has 4 rings (SSSR count). The largest absolute Gasteiger partial charge is 0.333 e. The predicted molar refractivity (Wildman–Crippen MR) is 109 cm³/mol. The Balaban J connectivity index is 1.47. The monoisotopic (exact) mass is 401 g/mol. The number of aromatic nitrogens is 2. The minimum atomic E-state index is -0.162. The van der Waals surface area contributed by atoms with E-state index in [2.05, 4.69) is 33.5 Å². The zero-order chi connectivity index (χ0) is 18.1. The fourth-order valence-electron chi connectivity index (χ4n) is 2.65. The number of thioether (sulfide) groups is 1. The van der Waals surface area contributed by atoms with E-state index in [1.807, 2.05) is 18.2 Å². The molecule has 7 heteroatoms. The van der Waals surface area contributed by atoms with Gasteiger partial charge in [0, 0.05) is 5.02 Å². The van der Waals surface area contributed by atoms with E-state index in [0.29, 0.717) is 20.9 Å². The second-order valence-electron chi connectivity index (χ2n) is 5.72. The molecular weight excluding hydrogens is 389 g/mol. The first kappa shape index (κ1) is 17.2. The van der Waals surface area contributed by atoms with Gasteiger partial charge in [0.25, 0.3) is 0 Å². The van der Waals surface area contributed by atoms with Gasteiger partial charge in [-0.05, 0) is 41.1 Å². The SMILES string of the molecule is O=C(CSc1nc2cc3ccccc3cc2[nH]1)Nc1ccc(Cl)cc1Cl. The summed E-state index contributed by atoms with van der Waals surface area (Å²) < 4.78 is 0. The Bertz CT molecular complexity index is 1070. The first-order valence-corrected chi connectivity index (χ1v) is 9.59. The van der Waals surface area contributed by atoms with Crippen LogP contribution in [0.5, 0.6) is 0 Å². The number of H-pyrrole nitrogens is 1. The summed E-state index contributed by atoms with van der Waals surface area (Å²) in [5, 5.41) is 6.70. The number of amides is 1. The van der Waals surface area contributed by atoms with Crippen molar-refractivity contribution in [3.63, 3.8) is 0 Å². The maximum Gasteiger partial charge on any atom is 0.234 e. The molecule has 0 bridgehead atoms. The van der Waals surface area contributed by atoms with Crippen molar-refractivity contribution in [3.05, 3.63) is 64.6 Å². The highest BCUT2D eigenvalue weighted by Crippen LogP contribution is 2.27. The Labute approximate surface area is 163 Å². The lowest BCUT2D eigenvalue weighted by Crippen LogP contribution is -2.14. The van der Waals surface area contributed by atoms with Crippen molar-refractivity contribution >= 4 is 68.4 Å². The van der Waals surface area contributed by atoms with Crippen molar-refractivity contribution in [3.8, 4) is 0 Å². The van der Waals surface area contributed by atoms with Crippen LogP contribution >= 0.6 is 35.0 Å². The summed E-state index contributed by atoms with van der Waals surface area (Å²) in [4.78, 5) is 20.0. The van der Waals surface area contributed by atoms with Gasteiger partial charge in [-0.3, -0.25) is 4.79 Å². The molecule has 3 aromatic carbocycles. The Kier molecular flexibility index (Phi) is 4.76. The van der Waals surface area contributed by atoms with Crippen LogP contribution in [0.2, 0.25) is 10.0 Å². The Morgan fingerprint density at radius 3 is 2.62 bits per heavy atom. The number of nitrogens with one attached hydrogen (secondary N) is 2. The Morgan fingerprint density at radius 1 is 1.08 bits per heavy atom. The molecule has 0 radical (unpaired) electrons. The average molecular weight is 402 g/mol. The molecule has 4 nitrogen and oxygen atoms in total. The summed E-state index contributed by atoms with van der Waals surface area (Å²) in [6.45, 7) is 0. The van der Waals surface area contributed by atoms with Crippen molar-refractivity contribution in [1.82, 2.24) is 9.97 Å². The highest BCUT2D eigenvalue weighted by Gasteiger charge is 2.10. The van der Waals surface area contributed by atoms with Crippen molar-refractivity contribution < 1.29 is 4.79 Å². The van der Waals surface area contributed by atoms with Crippen LogP contribution in [0.25, 0.3) is 21.8 Å². The molecule has 1 aromatic heterocycles. The molecule has 1 heterocycles. The molecule has 0 saturated heterocycles. The molecular formula is C19H13Cl2N3OS. The number of rotatable bonds is 4. The number of carbonyl (C=O) groups excluding carboxylic acids is 1. The second-order valence-corrected chi connectivity index (χ2v) is 7.53. The standard InChI is InChI=1S/C19H13Cl2N3OS/c20-13-5-6-15(14(21)9-13)22-18(25)10-26-19-23-16-7-11-3-1-2-4-12(11)8-17(16)24-19/h1-9H,10H2,(H,22,25)(H,23,24). The molecule has 0 fully saturated rings. The number of carbonyl (C=O) groups is 1. The highest BCUT2D eigenvalue weighted by atomic mass is 35.5. The summed E-state index contributed by atoms with van der Waals surface area (Å²) >= 11 is 13.3. The molecule has 0 spiro atoms. The third-order valence-corrected chi connectivity index (χ3v) is 5.29. The molecule has 0 saturated carbocycles. The lowest BCUT2D eigenvalue weighted by Gasteiger charge is -2.06. The molecule has 1 amide bonds. The first-order valence-electron chi connectivity index (χ1n) is 7.85. The van der Waals surface area contributed by atoms with Crippen LogP contribution in [0.4, 0.5) is 5.69 Å². The number of hydrogen-bond acceptors (Lipinski definition) is 3. The van der Waals surface area contributed by atoms with E-state index < -0.39 is 0 Å². The van der Waals surface area contributed by atoms with E-state index in [9.17, 15) is 4.79 Å². The number of hydrogen-bond donors (Lipinski definition) is 2. The van der Waals surface area contributed by atoms with E-state index in [0.717, 1.165) is 21.8 Å². The van der Waals surface area contributed by atoms with Crippen molar-refractivity contribution in [1.29, 1.82) is 0 Å². The number of aromatic amines is 1. The van der Waals surface area contributed by atoms with Crippen LogP contribution in [0.1, 0.15) is 0 Å². The second kappa shape index (κ2) is 7.19. The quantitative estimate of drug-likeness (QED) is 0.427. The molecule has 26 heavy (non-hydrogen) atoms. The molecule has 130 valence electrons. The minimum absolute atomic E-state index is 0.162.